The third-order valence-electron chi connectivity index (χ3n) is 3.87. The van der Waals surface area contributed by atoms with Crippen molar-refractivity contribution in [3.8, 4) is 0 Å². The van der Waals surface area contributed by atoms with E-state index in [1.54, 1.807) is 6.07 Å². The summed E-state index contributed by atoms with van der Waals surface area (Å²) in [6.07, 6.45) is 1.70. The standard InChI is InChI=1S/C16H19F2N3.ClH/c1-2-3-11-10-14(21-8-6-19-7-9-21)12-4-5-13(17)15(18)16(12)20-11;/h4-5,10,19H,2-3,6-9H2,1H3;1H. The van der Waals surface area contributed by atoms with Gasteiger partial charge in [-0.1, -0.05) is 13.3 Å². The number of hydrogen-bond acceptors (Lipinski definition) is 3. The van der Waals surface area contributed by atoms with Gasteiger partial charge in [0.05, 0.1) is 0 Å². The van der Waals surface area contributed by atoms with Crippen LogP contribution in [0.15, 0.2) is 18.2 Å². The van der Waals surface area contributed by atoms with Crippen LogP contribution in [0.5, 0.6) is 0 Å². The maximum absolute atomic E-state index is 14.1. The van der Waals surface area contributed by atoms with Gasteiger partial charge in [0.25, 0.3) is 0 Å². The van der Waals surface area contributed by atoms with Crippen LogP contribution in [0.4, 0.5) is 14.5 Å². The van der Waals surface area contributed by atoms with Crippen LogP contribution >= 0.6 is 12.4 Å². The molecule has 0 atom stereocenters. The molecule has 1 aromatic heterocycles. The minimum Gasteiger partial charge on any atom is -0.368 e. The molecule has 0 saturated carbocycles. The van der Waals surface area contributed by atoms with E-state index in [0.29, 0.717) is 5.39 Å². The average Bonchev–Trinajstić information content (AvgIpc) is 2.52. The van der Waals surface area contributed by atoms with E-state index in [1.165, 1.54) is 6.07 Å². The number of pyridine rings is 1. The van der Waals surface area contributed by atoms with E-state index < -0.39 is 11.6 Å². The normalized spacial score (nSPS) is 15.0. The van der Waals surface area contributed by atoms with Gasteiger partial charge in [0.2, 0.25) is 0 Å². The van der Waals surface area contributed by atoms with Crippen molar-refractivity contribution in [2.75, 3.05) is 31.1 Å². The summed E-state index contributed by atoms with van der Waals surface area (Å²) in [6.45, 7) is 5.58. The Labute approximate surface area is 135 Å². The van der Waals surface area contributed by atoms with E-state index in [-0.39, 0.29) is 17.9 Å². The first-order valence-corrected chi connectivity index (χ1v) is 7.44. The predicted octanol–water partition coefficient (Wildman–Crippen LogP) is 3.30. The first kappa shape index (κ1) is 16.9. The van der Waals surface area contributed by atoms with E-state index in [2.05, 4.69) is 22.1 Å². The lowest BCUT2D eigenvalue weighted by molar-refractivity contribution is 0.515. The Morgan fingerprint density at radius 3 is 2.64 bits per heavy atom. The van der Waals surface area contributed by atoms with Crippen LogP contribution < -0.4 is 10.2 Å². The molecule has 1 aliphatic rings. The quantitative estimate of drug-likeness (QED) is 0.937. The number of halogens is 3. The summed E-state index contributed by atoms with van der Waals surface area (Å²) < 4.78 is 27.6. The van der Waals surface area contributed by atoms with Gasteiger partial charge in [-0.05, 0) is 24.6 Å². The second-order valence-corrected chi connectivity index (χ2v) is 5.38. The van der Waals surface area contributed by atoms with Gasteiger partial charge >= 0.3 is 0 Å². The Morgan fingerprint density at radius 2 is 1.95 bits per heavy atom. The molecule has 0 aliphatic carbocycles. The zero-order valence-electron chi connectivity index (χ0n) is 12.5. The highest BCUT2D eigenvalue weighted by Crippen LogP contribution is 2.30. The largest absolute Gasteiger partial charge is 0.368 e. The van der Waals surface area contributed by atoms with Crippen LogP contribution in [0.25, 0.3) is 10.9 Å². The Morgan fingerprint density at radius 1 is 1.23 bits per heavy atom. The molecule has 0 spiro atoms. The summed E-state index contributed by atoms with van der Waals surface area (Å²) in [5.74, 6) is -1.68. The molecule has 1 fully saturated rings. The van der Waals surface area contributed by atoms with Crippen molar-refractivity contribution in [1.82, 2.24) is 10.3 Å². The third kappa shape index (κ3) is 3.15. The van der Waals surface area contributed by atoms with E-state index in [0.717, 1.165) is 50.4 Å². The van der Waals surface area contributed by atoms with Crippen LogP contribution in [-0.4, -0.2) is 31.2 Å². The van der Waals surface area contributed by atoms with Crippen molar-refractivity contribution in [3.63, 3.8) is 0 Å². The zero-order valence-corrected chi connectivity index (χ0v) is 13.3. The summed E-state index contributed by atoms with van der Waals surface area (Å²) >= 11 is 0. The van der Waals surface area contributed by atoms with Gasteiger partial charge in [0.15, 0.2) is 11.6 Å². The molecular formula is C16H20ClF2N3. The lowest BCUT2D eigenvalue weighted by Gasteiger charge is -2.30. The van der Waals surface area contributed by atoms with Gasteiger partial charge < -0.3 is 10.2 Å². The first-order chi connectivity index (χ1) is 10.2. The van der Waals surface area contributed by atoms with Gasteiger partial charge in [0.1, 0.15) is 5.52 Å². The van der Waals surface area contributed by atoms with E-state index in [4.69, 9.17) is 0 Å². The van der Waals surface area contributed by atoms with Gasteiger partial charge in [-0.25, -0.2) is 13.8 Å². The molecule has 22 heavy (non-hydrogen) atoms. The zero-order chi connectivity index (χ0) is 14.8. The molecule has 3 nitrogen and oxygen atoms in total. The number of nitrogens with zero attached hydrogens (tertiary/aromatic N) is 2. The molecule has 0 radical (unpaired) electrons. The smallest absolute Gasteiger partial charge is 0.185 e. The summed E-state index contributed by atoms with van der Waals surface area (Å²) in [5.41, 5.74) is 1.93. The third-order valence-corrected chi connectivity index (χ3v) is 3.87. The topological polar surface area (TPSA) is 28.2 Å². The highest BCUT2D eigenvalue weighted by Gasteiger charge is 2.18. The molecule has 0 unspecified atom stereocenters. The Bertz CT molecular complexity index is 657. The number of piperazine rings is 1. The van der Waals surface area contributed by atoms with Crippen molar-refractivity contribution in [2.24, 2.45) is 0 Å². The molecule has 2 heterocycles. The monoisotopic (exact) mass is 327 g/mol. The molecule has 120 valence electrons. The first-order valence-electron chi connectivity index (χ1n) is 7.44. The van der Waals surface area contributed by atoms with Crippen molar-refractivity contribution in [3.05, 3.63) is 35.5 Å². The summed E-state index contributed by atoms with van der Waals surface area (Å²) in [5, 5.41) is 3.99. The summed E-state index contributed by atoms with van der Waals surface area (Å²) in [4.78, 5) is 6.54. The number of benzene rings is 1. The molecule has 2 aromatic rings. The molecule has 3 rings (SSSR count). The Kier molecular flexibility index (Phi) is 5.53. The number of aryl methyl sites for hydroxylation is 1. The van der Waals surface area contributed by atoms with Crippen molar-refractivity contribution in [1.29, 1.82) is 0 Å². The number of fused-ring (bicyclic) bond motifs is 1. The maximum Gasteiger partial charge on any atom is 0.185 e. The fourth-order valence-corrected chi connectivity index (χ4v) is 2.82. The van der Waals surface area contributed by atoms with Gasteiger partial charge in [-0.3, -0.25) is 0 Å². The van der Waals surface area contributed by atoms with Crippen molar-refractivity contribution < 1.29 is 8.78 Å². The number of anilines is 1. The lowest BCUT2D eigenvalue weighted by atomic mass is 10.1. The van der Waals surface area contributed by atoms with Gasteiger partial charge in [0, 0.05) is 42.9 Å². The molecule has 6 heteroatoms. The van der Waals surface area contributed by atoms with E-state index in [1.807, 2.05) is 6.07 Å². The minimum absolute atomic E-state index is 0. The van der Waals surface area contributed by atoms with Gasteiger partial charge in [-0.2, -0.15) is 0 Å². The van der Waals surface area contributed by atoms with Gasteiger partial charge in [-0.15, -0.1) is 12.4 Å². The van der Waals surface area contributed by atoms with Crippen LogP contribution in [0.2, 0.25) is 0 Å². The van der Waals surface area contributed by atoms with E-state index >= 15 is 0 Å². The molecule has 0 bridgehead atoms. The van der Waals surface area contributed by atoms with Crippen molar-refractivity contribution >= 4 is 29.0 Å². The molecule has 0 amide bonds. The molecule has 1 aliphatic heterocycles. The Balaban J connectivity index is 0.00000176. The highest BCUT2D eigenvalue weighted by molar-refractivity contribution is 5.92. The van der Waals surface area contributed by atoms with E-state index in [9.17, 15) is 8.78 Å². The average molecular weight is 328 g/mol. The number of aromatic nitrogens is 1. The van der Waals surface area contributed by atoms with Crippen LogP contribution in [0.1, 0.15) is 19.0 Å². The number of rotatable bonds is 3. The fourth-order valence-electron chi connectivity index (χ4n) is 2.82. The summed E-state index contributed by atoms with van der Waals surface area (Å²) in [7, 11) is 0. The molecule has 1 aromatic carbocycles. The molecular weight excluding hydrogens is 308 g/mol. The second-order valence-electron chi connectivity index (χ2n) is 5.38. The second kappa shape index (κ2) is 7.20. The van der Waals surface area contributed by atoms with Crippen LogP contribution in [0.3, 0.4) is 0 Å². The minimum atomic E-state index is -0.846. The van der Waals surface area contributed by atoms with Crippen LogP contribution in [0, 0.1) is 11.6 Å². The molecule has 1 N–H and O–H groups in total. The maximum atomic E-state index is 14.1. The summed E-state index contributed by atoms with van der Waals surface area (Å²) in [6, 6.07) is 4.84. The highest BCUT2D eigenvalue weighted by atomic mass is 35.5. The van der Waals surface area contributed by atoms with Crippen molar-refractivity contribution in [2.45, 2.75) is 19.8 Å². The fraction of sp³-hybridized carbons (Fsp3) is 0.438. The lowest BCUT2D eigenvalue weighted by Crippen LogP contribution is -2.43. The van der Waals surface area contributed by atoms with Crippen LogP contribution in [-0.2, 0) is 6.42 Å². The number of hydrogen-bond donors (Lipinski definition) is 1. The molecule has 1 saturated heterocycles. The Hall–Kier alpha value is -1.46. The predicted molar refractivity (Wildman–Crippen MR) is 88.0 cm³/mol. The number of nitrogens with one attached hydrogen (secondary N) is 1. The SMILES string of the molecule is CCCc1cc(N2CCNCC2)c2ccc(F)c(F)c2n1.Cl.